The van der Waals surface area contributed by atoms with Crippen LogP contribution in [0, 0.1) is 0 Å². The number of halogens is 1. The molecule has 0 atom stereocenters. The molecule has 166 valence electrons. The first kappa shape index (κ1) is 23.5. The quantitative estimate of drug-likeness (QED) is 0.408. The summed E-state index contributed by atoms with van der Waals surface area (Å²) in [7, 11) is 0. The van der Waals surface area contributed by atoms with Crippen molar-refractivity contribution in [3.8, 4) is 5.75 Å². The molecule has 5 nitrogen and oxygen atoms in total. The molecule has 0 aliphatic carbocycles. The molecule has 0 aromatic heterocycles. The Balaban J connectivity index is 1.55. The molecular weight excluding hydrogens is 468 g/mol. The summed E-state index contributed by atoms with van der Waals surface area (Å²) >= 11 is 3.49. The number of hydrogen-bond acceptors (Lipinski definition) is 3. The molecule has 3 rings (SSSR count). The molecule has 2 amide bonds. The summed E-state index contributed by atoms with van der Waals surface area (Å²) in [5, 5.41) is 5.69. The van der Waals surface area contributed by atoms with E-state index >= 15 is 0 Å². The molecule has 0 aliphatic heterocycles. The van der Waals surface area contributed by atoms with Crippen molar-refractivity contribution in [3.05, 3.63) is 94.0 Å². The highest BCUT2D eigenvalue weighted by molar-refractivity contribution is 9.10. The highest BCUT2D eigenvalue weighted by Crippen LogP contribution is 2.29. The summed E-state index contributed by atoms with van der Waals surface area (Å²) < 4.78 is 6.46. The molecular formula is C26H27BrN2O3. The summed E-state index contributed by atoms with van der Waals surface area (Å²) in [4.78, 5) is 25.1. The van der Waals surface area contributed by atoms with Crippen molar-refractivity contribution < 1.29 is 14.3 Å². The Bertz CT molecular complexity index is 1070. The van der Waals surface area contributed by atoms with Crippen LogP contribution in [0.1, 0.15) is 41.3 Å². The van der Waals surface area contributed by atoms with E-state index in [0.717, 1.165) is 16.5 Å². The second-order valence-corrected chi connectivity index (χ2v) is 8.57. The third-order valence-corrected chi connectivity index (χ3v) is 5.59. The van der Waals surface area contributed by atoms with Crippen molar-refractivity contribution in [1.82, 2.24) is 5.32 Å². The van der Waals surface area contributed by atoms with Crippen molar-refractivity contribution in [2.45, 2.75) is 26.2 Å². The van der Waals surface area contributed by atoms with Gasteiger partial charge in [-0.1, -0.05) is 62.4 Å². The van der Waals surface area contributed by atoms with Crippen molar-refractivity contribution in [2.24, 2.45) is 0 Å². The SMILES string of the molecule is CC(C)c1ccc(OCC(=O)Nc2ccccc2C(=O)NCCc2ccccc2)c(Br)c1. The first-order valence-corrected chi connectivity index (χ1v) is 11.4. The zero-order chi connectivity index (χ0) is 22.9. The summed E-state index contributed by atoms with van der Waals surface area (Å²) in [5.74, 6) is 0.426. The number of para-hydroxylation sites is 1. The molecule has 0 bridgehead atoms. The summed E-state index contributed by atoms with van der Waals surface area (Å²) in [6.45, 7) is 4.58. The lowest BCUT2D eigenvalue weighted by Crippen LogP contribution is -2.28. The van der Waals surface area contributed by atoms with Crippen LogP contribution < -0.4 is 15.4 Å². The van der Waals surface area contributed by atoms with Crippen molar-refractivity contribution in [2.75, 3.05) is 18.5 Å². The maximum Gasteiger partial charge on any atom is 0.262 e. The van der Waals surface area contributed by atoms with E-state index in [2.05, 4.69) is 40.4 Å². The van der Waals surface area contributed by atoms with Gasteiger partial charge in [0.25, 0.3) is 11.8 Å². The zero-order valence-electron chi connectivity index (χ0n) is 18.2. The van der Waals surface area contributed by atoms with Gasteiger partial charge < -0.3 is 15.4 Å². The van der Waals surface area contributed by atoms with Gasteiger partial charge >= 0.3 is 0 Å². The van der Waals surface area contributed by atoms with E-state index in [1.807, 2.05) is 48.5 Å². The zero-order valence-corrected chi connectivity index (χ0v) is 19.8. The lowest BCUT2D eigenvalue weighted by Gasteiger charge is -2.13. The van der Waals surface area contributed by atoms with Gasteiger partial charge in [-0.05, 0) is 63.7 Å². The fourth-order valence-corrected chi connectivity index (χ4v) is 3.68. The molecule has 0 heterocycles. The maximum absolute atomic E-state index is 12.6. The standard InChI is InChI=1S/C26H27BrN2O3/c1-18(2)20-12-13-24(22(27)16-20)32-17-25(30)29-23-11-7-6-10-21(23)26(31)28-15-14-19-8-4-3-5-9-19/h3-13,16,18H,14-15,17H2,1-2H3,(H,28,31)(H,29,30). The first-order chi connectivity index (χ1) is 15.4. The van der Waals surface area contributed by atoms with E-state index in [0.29, 0.717) is 29.5 Å². The summed E-state index contributed by atoms with van der Waals surface area (Å²) in [6, 6.07) is 22.7. The van der Waals surface area contributed by atoms with Crippen LogP contribution in [0.2, 0.25) is 0 Å². The molecule has 0 aliphatic rings. The average molecular weight is 495 g/mol. The highest BCUT2D eigenvalue weighted by atomic mass is 79.9. The predicted octanol–water partition coefficient (Wildman–Crippen LogP) is 5.56. The van der Waals surface area contributed by atoms with Gasteiger partial charge in [-0.3, -0.25) is 9.59 Å². The highest BCUT2D eigenvalue weighted by Gasteiger charge is 2.14. The van der Waals surface area contributed by atoms with Gasteiger partial charge in [0.2, 0.25) is 0 Å². The minimum atomic E-state index is -0.339. The van der Waals surface area contributed by atoms with E-state index in [9.17, 15) is 9.59 Å². The molecule has 3 aromatic carbocycles. The molecule has 6 heteroatoms. The molecule has 0 saturated carbocycles. The molecule has 0 unspecified atom stereocenters. The van der Waals surface area contributed by atoms with Crippen LogP contribution in [-0.2, 0) is 11.2 Å². The van der Waals surface area contributed by atoms with Gasteiger partial charge in [0.15, 0.2) is 6.61 Å². The molecule has 0 fully saturated rings. The molecule has 2 N–H and O–H groups in total. The van der Waals surface area contributed by atoms with Gasteiger partial charge in [0.05, 0.1) is 15.7 Å². The number of anilines is 1. The number of ether oxygens (including phenoxy) is 1. The Hall–Kier alpha value is -3.12. The Labute approximate surface area is 197 Å². The number of amides is 2. The summed E-state index contributed by atoms with van der Waals surface area (Å²) in [5.41, 5.74) is 3.20. The minimum Gasteiger partial charge on any atom is -0.483 e. The van der Waals surface area contributed by atoms with E-state index in [-0.39, 0.29) is 18.4 Å². The van der Waals surface area contributed by atoms with E-state index in [4.69, 9.17) is 4.74 Å². The molecule has 0 spiro atoms. The molecule has 0 saturated heterocycles. The van der Waals surface area contributed by atoms with Gasteiger partial charge in [-0.25, -0.2) is 0 Å². The van der Waals surface area contributed by atoms with Crippen LogP contribution in [0.5, 0.6) is 5.75 Å². The number of nitrogens with one attached hydrogen (secondary N) is 2. The van der Waals surface area contributed by atoms with Crippen LogP contribution in [0.3, 0.4) is 0 Å². The van der Waals surface area contributed by atoms with Crippen LogP contribution in [0.4, 0.5) is 5.69 Å². The van der Waals surface area contributed by atoms with Gasteiger partial charge in [0.1, 0.15) is 5.75 Å². The van der Waals surface area contributed by atoms with Crippen LogP contribution >= 0.6 is 15.9 Å². The van der Waals surface area contributed by atoms with Crippen LogP contribution in [0.25, 0.3) is 0 Å². The van der Waals surface area contributed by atoms with E-state index in [1.165, 1.54) is 5.56 Å². The first-order valence-electron chi connectivity index (χ1n) is 10.6. The Morgan fingerprint density at radius 2 is 1.69 bits per heavy atom. The summed E-state index contributed by atoms with van der Waals surface area (Å²) in [6.07, 6.45) is 0.736. The second kappa shape index (κ2) is 11.5. The fraction of sp³-hybridized carbons (Fsp3) is 0.231. The maximum atomic E-state index is 12.6. The number of carbonyl (C=O) groups is 2. The number of hydrogen-bond donors (Lipinski definition) is 2. The predicted molar refractivity (Wildman–Crippen MR) is 131 cm³/mol. The molecule has 32 heavy (non-hydrogen) atoms. The van der Waals surface area contributed by atoms with Gasteiger partial charge in [0, 0.05) is 6.54 Å². The third kappa shape index (κ3) is 6.69. The van der Waals surface area contributed by atoms with Crippen molar-refractivity contribution in [3.63, 3.8) is 0 Å². The molecule has 0 radical (unpaired) electrons. The van der Waals surface area contributed by atoms with Crippen molar-refractivity contribution in [1.29, 1.82) is 0 Å². The van der Waals surface area contributed by atoms with Crippen molar-refractivity contribution >= 4 is 33.4 Å². The topological polar surface area (TPSA) is 67.4 Å². The minimum absolute atomic E-state index is 0.163. The van der Waals surface area contributed by atoms with Gasteiger partial charge in [-0.15, -0.1) is 0 Å². The Kier molecular flexibility index (Phi) is 8.45. The van der Waals surface area contributed by atoms with E-state index in [1.54, 1.807) is 24.3 Å². The average Bonchev–Trinajstić information content (AvgIpc) is 2.79. The molecule has 3 aromatic rings. The van der Waals surface area contributed by atoms with E-state index < -0.39 is 0 Å². The number of carbonyl (C=O) groups excluding carboxylic acids is 2. The fourth-order valence-electron chi connectivity index (χ4n) is 3.17. The second-order valence-electron chi connectivity index (χ2n) is 7.72. The Morgan fingerprint density at radius 1 is 0.969 bits per heavy atom. The normalized spacial score (nSPS) is 10.6. The largest absolute Gasteiger partial charge is 0.483 e. The third-order valence-electron chi connectivity index (χ3n) is 4.97. The Morgan fingerprint density at radius 3 is 2.41 bits per heavy atom. The number of rotatable bonds is 9. The smallest absolute Gasteiger partial charge is 0.262 e. The van der Waals surface area contributed by atoms with Crippen LogP contribution in [-0.4, -0.2) is 25.0 Å². The van der Waals surface area contributed by atoms with Gasteiger partial charge in [-0.2, -0.15) is 0 Å². The lowest BCUT2D eigenvalue weighted by atomic mass is 10.0. The monoisotopic (exact) mass is 494 g/mol. The van der Waals surface area contributed by atoms with Crippen LogP contribution in [0.15, 0.2) is 77.3 Å². The lowest BCUT2D eigenvalue weighted by molar-refractivity contribution is -0.118. The number of benzene rings is 3.